The van der Waals surface area contributed by atoms with Crippen LogP contribution >= 0.6 is 22.7 Å². The van der Waals surface area contributed by atoms with E-state index in [1.807, 2.05) is 22.7 Å². The number of nitrogens with zero attached hydrogens (tertiary/aromatic N) is 2. The molecule has 0 fully saturated rings. The molecule has 71 heavy (non-hydrogen) atoms. The molecule has 0 spiro atoms. The van der Waals surface area contributed by atoms with Crippen molar-refractivity contribution >= 4 is 33.7 Å². The SMILES string of the molecule is CCCCCCCCC1(CCCCCCCC)c2cc(C)ccc2-c2ccc(-c3ccc(-c4ccc(-c5ccc(C)s5)c5nc(-c6ccc(C(C)(C)C)cc6)c(-c6ccc(C(C)(C)C)cc6)nc45)s3)cc21. The first kappa shape index (κ1) is 50.8. The van der Waals surface area contributed by atoms with Crippen molar-refractivity contribution in [1.82, 2.24) is 9.97 Å². The summed E-state index contributed by atoms with van der Waals surface area (Å²) in [7, 11) is 0. The lowest BCUT2D eigenvalue weighted by molar-refractivity contribution is 0.398. The molecule has 1 aliphatic carbocycles. The highest BCUT2D eigenvalue weighted by atomic mass is 32.1. The van der Waals surface area contributed by atoms with Gasteiger partial charge in [0.2, 0.25) is 0 Å². The van der Waals surface area contributed by atoms with Crippen LogP contribution in [0.1, 0.15) is 178 Å². The minimum atomic E-state index is 0.0380. The first-order valence-electron chi connectivity index (χ1n) is 27.2. The molecular formula is C67H78N2S2. The van der Waals surface area contributed by atoms with Gasteiger partial charge in [0.15, 0.2) is 0 Å². The number of rotatable bonds is 19. The molecule has 2 nitrogen and oxygen atoms in total. The Labute approximate surface area is 435 Å². The van der Waals surface area contributed by atoms with Crippen LogP contribution in [-0.2, 0) is 16.2 Å². The largest absolute Gasteiger partial charge is 0.243 e. The van der Waals surface area contributed by atoms with Gasteiger partial charge in [-0.1, -0.05) is 229 Å². The van der Waals surface area contributed by atoms with E-state index in [0.717, 1.165) is 44.7 Å². The molecule has 0 N–H and O–H groups in total. The molecule has 0 radical (unpaired) electrons. The maximum atomic E-state index is 5.79. The molecule has 9 rings (SSSR count). The van der Waals surface area contributed by atoms with E-state index >= 15 is 0 Å². The van der Waals surface area contributed by atoms with Crippen molar-refractivity contribution < 1.29 is 0 Å². The summed E-state index contributed by atoms with van der Waals surface area (Å²) in [5, 5.41) is 0. The normalized spacial score (nSPS) is 13.3. The van der Waals surface area contributed by atoms with Gasteiger partial charge in [0, 0.05) is 47.2 Å². The van der Waals surface area contributed by atoms with Crippen molar-refractivity contribution in [2.45, 2.75) is 175 Å². The van der Waals surface area contributed by atoms with Crippen molar-refractivity contribution in [3.8, 4) is 65.0 Å². The summed E-state index contributed by atoms with van der Waals surface area (Å²) in [6.45, 7) is 22.8. The van der Waals surface area contributed by atoms with Gasteiger partial charge in [0.05, 0.1) is 22.4 Å². The van der Waals surface area contributed by atoms with Gasteiger partial charge in [0.1, 0.15) is 0 Å². The predicted molar refractivity (Wildman–Crippen MR) is 312 cm³/mol. The predicted octanol–water partition coefficient (Wildman–Crippen LogP) is 21.1. The molecule has 3 aromatic heterocycles. The topological polar surface area (TPSA) is 25.8 Å². The Balaban J connectivity index is 1.16. The van der Waals surface area contributed by atoms with Crippen molar-refractivity contribution in [3.05, 3.63) is 154 Å². The summed E-state index contributed by atoms with van der Waals surface area (Å²) in [4.78, 5) is 16.6. The maximum Gasteiger partial charge on any atom is 0.0988 e. The van der Waals surface area contributed by atoms with Crippen LogP contribution in [-0.4, -0.2) is 9.97 Å². The van der Waals surface area contributed by atoms with E-state index in [4.69, 9.17) is 9.97 Å². The van der Waals surface area contributed by atoms with Gasteiger partial charge >= 0.3 is 0 Å². The molecular weight excluding hydrogens is 897 g/mol. The third-order valence-corrected chi connectivity index (χ3v) is 17.7. The Hall–Kier alpha value is -5.16. The zero-order valence-electron chi connectivity index (χ0n) is 44.7. The van der Waals surface area contributed by atoms with Crippen molar-refractivity contribution in [1.29, 1.82) is 0 Å². The maximum absolute atomic E-state index is 5.79. The second-order valence-corrected chi connectivity index (χ2v) is 25.3. The molecule has 0 unspecified atom stereocenters. The second kappa shape index (κ2) is 21.5. The van der Waals surface area contributed by atoms with E-state index in [2.05, 4.69) is 191 Å². The standard InChI is InChI=1S/C67H78N2S2/c1-11-13-15-17-19-21-41-67(42-22-20-18-16-14-12-2)56-43-45(3)23-34-52(56)53-35-29-49(44-57(53)67)58-39-40-60(71-58)55-37-36-54(59-38-24-46(4)70-59)63-64(55)69-62(48-27-32-51(33-28-48)66(8,9)10)61(68-63)47-25-30-50(31-26-47)65(5,6)7/h23-40,43-44H,11-22,41-42H2,1-10H3. The average Bonchev–Trinajstić information content (AvgIpc) is 4.09. The number of hydrogen-bond donors (Lipinski definition) is 0. The average molecular weight is 976 g/mol. The van der Waals surface area contributed by atoms with Crippen molar-refractivity contribution in [3.63, 3.8) is 0 Å². The third kappa shape index (κ3) is 10.8. The Kier molecular flexibility index (Phi) is 15.4. The zero-order valence-corrected chi connectivity index (χ0v) is 46.3. The summed E-state index contributed by atoms with van der Waals surface area (Å²) in [6, 6.07) is 46.7. The summed E-state index contributed by atoms with van der Waals surface area (Å²) < 4.78 is 0. The molecule has 0 saturated heterocycles. The van der Waals surface area contributed by atoms with Crippen LogP contribution in [0.15, 0.2) is 121 Å². The number of fused-ring (bicyclic) bond motifs is 4. The molecule has 0 bridgehead atoms. The van der Waals surface area contributed by atoms with E-state index in [1.54, 1.807) is 11.1 Å². The molecule has 0 aliphatic heterocycles. The molecule has 0 saturated carbocycles. The fraction of sp³-hybridized carbons (Fsp3) is 0.403. The number of hydrogen-bond acceptors (Lipinski definition) is 4. The molecule has 3 heterocycles. The number of aromatic nitrogens is 2. The van der Waals surface area contributed by atoms with Gasteiger partial charge < -0.3 is 0 Å². The van der Waals surface area contributed by atoms with Gasteiger partial charge in [-0.3, -0.25) is 0 Å². The lowest BCUT2D eigenvalue weighted by atomic mass is 9.70. The second-order valence-electron chi connectivity index (χ2n) is 22.9. The minimum Gasteiger partial charge on any atom is -0.243 e. The minimum absolute atomic E-state index is 0.0380. The van der Waals surface area contributed by atoms with Crippen LogP contribution in [0.25, 0.3) is 76.0 Å². The van der Waals surface area contributed by atoms with Crippen LogP contribution in [0, 0.1) is 13.8 Å². The molecule has 0 atom stereocenters. The molecule has 5 aromatic carbocycles. The number of aryl methyl sites for hydroxylation is 2. The van der Waals surface area contributed by atoms with E-state index < -0.39 is 0 Å². The summed E-state index contributed by atoms with van der Waals surface area (Å²) in [5.41, 5.74) is 19.6. The summed E-state index contributed by atoms with van der Waals surface area (Å²) >= 11 is 3.72. The highest BCUT2D eigenvalue weighted by molar-refractivity contribution is 7.19. The third-order valence-electron chi connectivity index (χ3n) is 15.5. The molecule has 8 aromatic rings. The first-order valence-corrected chi connectivity index (χ1v) is 28.8. The Morgan fingerprint density at radius 2 is 0.831 bits per heavy atom. The van der Waals surface area contributed by atoms with E-state index in [1.165, 1.54) is 143 Å². The number of unbranched alkanes of at least 4 members (excludes halogenated alkanes) is 10. The summed E-state index contributed by atoms with van der Waals surface area (Å²) in [6.07, 6.45) is 18.3. The smallest absolute Gasteiger partial charge is 0.0988 e. The zero-order chi connectivity index (χ0) is 49.9. The number of thiophene rings is 2. The highest BCUT2D eigenvalue weighted by Crippen LogP contribution is 2.56. The van der Waals surface area contributed by atoms with Gasteiger partial charge in [-0.2, -0.15) is 0 Å². The highest BCUT2D eigenvalue weighted by Gasteiger charge is 2.42. The first-order chi connectivity index (χ1) is 34.2. The van der Waals surface area contributed by atoms with Crippen LogP contribution in [0.3, 0.4) is 0 Å². The van der Waals surface area contributed by atoms with E-state index in [9.17, 15) is 0 Å². The monoisotopic (exact) mass is 975 g/mol. The Morgan fingerprint density at radius 1 is 0.408 bits per heavy atom. The van der Waals surface area contributed by atoms with Crippen molar-refractivity contribution in [2.75, 3.05) is 0 Å². The van der Waals surface area contributed by atoms with E-state index in [-0.39, 0.29) is 16.2 Å². The number of benzene rings is 5. The van der Waals surface area contributed by atoms with Crippen molar-refractivity contribution in [2.24, 2.45) is 0 Å². The fourth-order valence-corrected chi connectivity index (χ4v) is 13.2. The lowest BCUT2D eigenvalue weighted by Crippen LogP contribution is -2.25. The fourth-order valence-electron chi connectivity index (χ4n) is 11.2. The lowest BCUT2D eigenvalue weighted by Gasteiger charge is -2.33. The van der Waals surface area contributed by atoms with Gasteiger partial charge in [0.25, 0.3) is 0 Å². The van der Waals surface area contributed by atoms with Crippen LogP contribution in [0.5, 0.6) is 0 Å². The molecule has 4 heteroatoms. The van der Waals surface area contributed by atoms with Gasteiger partial charge in [-0.05, 0) is 107 Å². The van der Waals surface area contributed by atoms with Gasteiger partial charge in [-0.25, -0.2) is 9.97 Å². The summed E-state index contributed by atoms with van der Waals surface area (Å²) in [5.74, 6) is 0. The molecule has 1 aliphatic rings. The van der Waals surface area contributed by atoms with E-state index in [0.29, 0.717) is 0 Å². The quantitative estimate of drug-likeness (QED) is 0.0755. The van der Waals surface area contributed by atoms with Crippen LogP contribution in [0.4, 0.5) is 0 Å². The van der Waals surface area contributed by atoms with Gasteiger partial charge in [-0.15, -0.1) is 22.7 Å². The molecule has 0 amide bonds. The Morgan fingerprint density at radius 3 is 1.32 bits per heavy atom. The van der Waals surface area contributed by atoms with Crippen LogP contribution in [0.2, 0.25) is 0 Å². The molecule has 368 valence electrons. The Bertz CT molecular complexity index is 3080. The van der Waals surface area contributed by atoms with Crippen LogP contribution < -0.4 is 0 Å².